The molecular formula is C19H18ClIN2. The van der Waals surface area contributed by atoms with Crippen LogP contribution in [0.15, 0.2) is 42.1 Å². The first-order valence-corrected chi connectivity index (χ1v) is 9.42. The normalized spacial score (nSPS) is 18.3. The van der Waals surface area contributed by atoms with Crippen LogP contribution in [0.2, 0.25) is 5.02 Å². The van der Waals surface area contributed by atoms with Gasteiger partial charge in [0, 0.05) is 52.7 Å². The number of fused-ring (bicyclic) bond motifs is 2. The second-order valence-corrected chi connectivity index (χ2v) is 8.00. The maximum absolute atomic E-state index is 6.25. The van der Waals surface area contributed by atoms with E-state index in [1.165, 1.54) is 28.0 Å². The smallest absolute Gasteiger partial charge is 0.0739 e. The zero-order valence-electron chi connectivity index (χ0n) is 12.9. The quantitative estimate of drug-likeness (QED) is 0.423. The molecule has 0 saturated carbocycles. The van der Waals surface area contributed by atoms with Crippen molar-refractivity contribution in [1.29, 1.82) is 0 Å². The number of benzene rings is 1. The summed E-state index contributed by atoms with van der Waals surface area (Å²) >= 11 is 8.68. The number of nitrogens with zero attached hydrogens (tertiary/aromatic N) is 2. The van der Waals surface area contributed by atoms with Crippen LogP contribution in [0.3, 0.4) is 0 Å². The van der Waals surface area contributed by atoms with E-state index < -0.39 is 0 Å². The lowest BCUT2D eigenvalue weighted by Crippen LogP contribution is -2.22. The van der Waals surface area contributed by atoms with Gasteiger partial charge in [0.25, 0.3) is 0 Å². The van der Waals surface area contributed by atoms with Crippen molar-refractivity contribution in [2.75, 3.05) is 13.1 Å². The van der Waals surface area contributed by atoms with Crippen molar-refractivity contribution < 1.29 is 0 Å². The molecule has 2 aromatic rings. The standard InChI is InChI=1S/C19H18ClIN2/c20-16-5-6-17-15(12-16)4-3-14-2-1-9-22-19(14)18(17)13-7-10-23(21)11-8-13/h1-2,5-6,9,12H,3-4,7-8,10-11H2. The van der Waals surface area contributed by atoms with Crippen molar-refractivity contribution in [3.05, 3.63) is 69.5 Å². The molecule has 2 aliphatic rings. The number of piperidine rings is 1. The van der Waals surface area contributed by atoms with E-state index in [-0.39, 0.29) is 0 Å². The summed E-state index contributed by atoms with van der Waals surface area (Å²) in [5.41, 5.74) is 8.15. The number of aryl methyl sites for hydroxylation is 2. The summed E-state index contributed by atoms with van der Waals surface area (Å²) in [6.07, 6.45) is 6.23. The topological polar surface area (TPSA) is 16.1 Å². The molecule has 0 amide bonds. The molecule has 0 unspecified atom stereocenters. The molecule has 1 aromatic heterocycles. The molecule has 23 heavy (non-hydrogen) atoms. The summed E-state index contributed by atoms with van der Waals surface area (Å²) in [6.45, 7) is 2.23. The predicted octanol–water partition coefficient (Wildman–Crippen LogP) is 5.08. The van der Waals surface area contributed by atoms with E-state index in [9.17, 15) is 0 Å². The van der Waals surface area contributed by atoms with Gasteiger partial charge in [0.2, 0.25) is 0 Å². The van der Waals surface area contributed by atoms with Crippen molar-refractivity contribution in [1.82, 2.24) is 8.10 Å². The number of hydrogen-bond donors (Lipinski definition) is 0. The minimum absolute atomic E-state index is 0.828. The van der Waals surface area contributed by atoms with Crippen LogP contribution in [0.1, 0.15) is 35.2 Å². The second kappa shape index (κ2) is 6.54. The number of halogens is 2. The maximum Gasteiger partial charge on any atom is 0.0739 e. The van der Waals surface area contributed by atoms with E-state index >= 15 is 0 Å². The van der Waals surface area contributed by atoms with Crippen LogP contribution in [0.25, 0.3) is 5.57 Å². The molecule has 0 N–H and O–H groups in total. The van der Waals surface area contributed by atoms with Crippen molar-refractivity contribution in [3.63, 3.8) is 0 Å². The van der Waals surface area contributed by atoms with Gasteiger partial charge in [-0.15, -0.1) is 0 Å². The Morgan fingerprint density at radius 3 is 2.61 bits per heavy atom. The van der Waals surface area contributed by atoms with Crippen molar-refractivity contribution in [2.24, 2.45) is 0 Å². The lowest BCUT2D eigenvalue weighted by atomic mass is 9.89. The highest BCUT2D eigenvalue weighted by Crippen LogP contribution is 2.38. The minimum Gasteiger partial charge on any atom is -0.256 e. The van der Waals surface area contributed by atoms with Gasteiger partial charge in [-0.2, -0.15) is 0 Å². The van der Waals surface area contributed by atoms with E-state index in [2.05, 4.69) is 50.2 Å². The monoisotopic (exact) mass is 436 g/mol. The van der Waals surface area contributed by atoms with Gasteiger partial charge in [-0.05, 0) is 60.6 Å². The fraction of sp³-hybridized carbons (Fsp3) is 0.316. The Morgan fingerprint density at radius 2 is 1.78 bits per heavy atom. The molecule has 1 aliphatic carbocycles. The largest absolute Gasteiger partial charge is 0.256 e. The van der Waals surface area contributed by atoms with Crippen LogP contribution in [0, 0.1) is 0 Å². The summed E-state index contributed by atoms with van der Waals surface area (Å²) in [6, 6.07) is 10.6. The zero-order valence-corrected chi connectivity index (χ0v) is 15.8. The molecule has 2 nitrogen and oxygen atoms in total. The van der Waals surface area contributed by atoms with Gasteiger partial charge in [0.15, 0.2) is 0 Å². The van der Waals surface area contributed by atoms with Crippen molar-refractivity contribution in [3.8, 4) is 0 Å². The predicted molar refractivity (Wildman–Crippen MR) is 104 cm³/mol. The fourth-order valence-corrected chi connectivity index (χ4v) is 4.31. The highest BCUT2D eigenvalue weighted by Gasteiger charge is 2.24. The van der Waals surface area contributed by atoms with E-state index in [4.69, 9.17) is 16.6 Å². The van der Waals surface area contributed by atoms with Crippen LogP contribution < -0.4 is 0 Å². The van der Waals surface area contributed by atoms with Gasteiger partial charge in [-0.3, -0.25) is 4.98 Å². The lowest BCUT2D eigenvalue weighted by Gasteiger charge is -2.25. The molecule has 118 valence electrons. The van der Waals surface area contributed by atoms with Gasteiger partial charge in [-0.1, -0.05) is 29.3 Å². The van der Waals surface area contributed by atoms with E-state index in [0.29, 0.717) is 0 Å². The highest BCUT2D eigenvalue weighted by atomic mass is 127. The fourth-order valence-electron chi connectivity index (χ4n) is 3.63. The first-order valence-electron chi connectivity index (χ1n) is 8.08. The van der Waals surface area contributed by atoms with Crippen molar-refractivity contribution in [2.45, 2.75) is 25.7 Å². The summed E-state index contributed by atoms with van der Waals surface area (Å²) in [4.78, 5) is 4.77. The number of hydrogen-bond acceptors (Lipinski definition) is 2. The van der Waals surface area contributed by atoms with Crippen LogP contribution in [-0.4, -0.2) is 21.2 Å². The van der Waals surface area contributed by atoms with Gasteiger partial charge in [0.05, 0.1) is 5.69 Å². The van der Waals surface area contributed by atoms with Gasteiger partial charge >= 0.3 is 0 Å². The summed E-state index contributed by atoms with van der Waals surface area (Å²) in [5, 5.41) is 0.828. The molecule has 4 heteroatoms. The zero-order chi connectivity index (χ0) is 15.8. The average Bonchev–Trinajstić information content (AvgIpc) is 2.72. The molecule has 1 saturated heterocycles. The SMILES string of the molecule is Clc1ccc2c(c1)CCc1cccnc1C2=C1CCN(I)CC1. The first kappa shape index (κ1) is 15.6. The Kier molecular flexibility index (Phi) is 4.43. The lowest BCUT2D eigenvalue weighted by molar-refractivity contribution is 0.468. The summed E-state index contributed by atoms with van der Waals surface area (Å²) in [5.74, 6) is 0. The maximum atomic E-state index is 6.25. The van der Waals surface area contributed by atoms with E-state index in [1.807, 2.05) is 12.3 Å². The first-order chi connectivity index (χ1) is 11.2. The molecular weight excluding hydrogens is 419 g/mol. The molecule has 1 aliphatic heterocycles. The number of rotatable bonds is 0. The molecule has 1 aromatic carbocycles. The molecule has 1 fully saturated rings. The third kappa shape index (κ3) is 3.06. The molecule has 0 radical (unpaired) electrons. The molecule has 0 bridgehead atoms. The third-order valence-electron chi connectivity index (χ3n) is 4.79. The third-order valence-corrected chi connectivity index (χ3v) is 5.99. The molecule has 0 spiro atoms. The average molecular weight is 437 g/mol. The van der Waals surface area contributed by atoms with Crippen LogP contribution in [0.5, 0.6) is 0 Å². The number of aromatic nitrogens is 1. The van der Waals surface area contributed by atoms with Crippen LogP contribution in [-0.2, 0) is 12.8 Å². The second-order valence-electron chi connectivity index (χ2n) is 6.20. The summed E-state index contributed by atoms with van der Waals surface area (Å²) in [7, 11) is 0. The molecule has 0 atom stereocenters. The van der Waals surface area contributed by atoms with Gasteiger partial charge < -0.3 is 0 Å². The Hall–Kier alpha value is -0.910. The van der Waals surface area contributed by atoms with Gasteiger partial charge in [0.1, 0.15) is 0 Å². The van der Waals surface area contributed by atoms with E-state index in [0.717, 1.165) is 43.8 Å². The Labute approximate surface area is 156 Å². The van der Waals surface area contributed by atoms with Gasteiger partial charge in [-0.25, -0.2) is 3.11 Å². The Bertz CT molecular complexity index is 775. The number of pyridine rings is 1. The molecule has 2 heterocycles. The Morgan fingerprint density at radius 1 is 1.00 bits per heavy atom. The van der Waals surface area contributed by atoms with Crippen LogP contribution >= 0.6 is 34.5 Å². The van der Waals surface area contributed by atoms with E-state index in [1.54, 1.807) is 5.57 Å². The molecule has 4 rings (SSSR count). The minimum atomic E-state index is 0.828. The Balaban J connectivity index is 1.94. The highest BCUT2D eigenvalue weighted by molar-refractivity contribution is 14.1. The summed E-state index contributed by atoms with van der Waals surface area (Å²) < 4.78 is 2.38. The van der Waals surface area contributed by atoms with Crippen molar-refractivity contribution >= 4 is 40.0 Å². The van der Waals surface area contributed by atoms with Crippen LogP contribution in [0.4, 0.5) is 0 Å².